The summed E-state index contributed by atoms with van der Waals surface area (Å²) >= 11 is 0. The molecule has 3 aliphatic rings. The molecule has 1 unspecified atom stereocenters. The second-order valence-corrected chi connectivity index (χ2v) is 7.04. The Labute approximate surface area is 113 Å². The molecular formula is C16H30N2. The monoisotopic (exact) mass is 250 g/mol. The summed E-state index contributed by atoms with van der Waals surface area (Å²) in [6.07, 6.45) is 12.9. The highest BCUT2D eigenvalue weighted by Crippen LogP contribution is 2.36. The highest BCUT2D eigenvalue weighted by Gasteiger charge is 2.40. The second-order valence-electron chi connectivity index (χ2n) is 7.04. The molecule has 18 heavy (non-hydrogen) atoms. The van der Waals surface area contributed by atoms with Gasteiger partial charge in [-0.15, -0.1) is 0 Å². The maximum Gasteiger partial charge on any atom is 0.0309 e. The summed E-state index contributed by atoms with van der Waals surface area (Å²) in [5.74, 6) is 1.04. The first-order valence-electron chi connectivity index (χ1n) is 8.30. The lowest BCUT2D eigenvalue weighted by molar-refractivity contribution is 0.0485. The zero-order chi connectivity index (χ0) is 12.4. The van der Waals surface area contributed by atoms with Gasteiger partial charge in [0.15, 0.2) is 0 Å². The molecule has 104 valence electrons. The van der Waals surface area contributed by atoms with E-state index < -0.39 is 0 Å². The van der Waals surface area contributed by atoms with Gasteiger partial charge in [0.2, 0.25) is 0 Å². The predicted molar refractivity (Wildman–Crippen MR) is 76.8 cm³/mol. The molecule has 1 aliphatic heterocycles. The predicted octanol–water partition coefficient (Wildman–Crippen LogP) is 3.17. The molecule has 3 fully saturated rings. The van der Waals surface area contributed by atoms with Crippen molar-refractivity contribution >= 4 is 0 Å². The number of hydrogen-bond acceptors (Lipinski definition) is 2. The highest BCUT2D eigenvalue weighted by molar-refractivity contribution is 5.00. The number of rotatable bonds is 4. The lowest BCUT2D eigenvalue weighted by Gasteiger charge is -2.50. The molecule has 3 rings (SSSR count). The van der Waals surface area contributed by atoms with Crippen LogP contribution in [0.4, 0.5) is 0 Å². The van der Waals surface area contributed by atoms with Crippen molar-refractivity contribution in [2.45, 2.75) is 76.3 Å². The van der Waals surface area contributed by atoms with E-state index in [4.69, 9.17) is 0 Å². The van der Waals surface area contributed by atoms with Crippen LogP contribution in [0.15, 0.2) is 0 Å². The molecule has 2 nitrogen and oxygen atoms in total. The molecule has 2 heteroatoms. The van der Waals surface area contributed by atoms with Gasteiger partial charge in [-0.2, -0.15) is 0 Å². The smallest absolute Gasteiger partial charge is 0.0309 e. The van der Waals surface area contributed by atoms with Crippen molar-refractivity contribution in [3.63, 3.8) is 0 Å². The summed E-state index contributed by atoms with van der Waals surface area (Å²) in [6, 6.07) is 0.822. The summed E-state index contributed by atoms with van der Waals surface area (Å²) in [5.41, 5.74) is 0.497. The average Bonchev–Trinajstić information content (AvgIpc) is 3.18. The van der Waals surface area contributed by atoms with Crippen LogP contribution in [0, 0.1) is 5.92 Å². The molecule has 0 aromatic rings. The lowest BCUT2D eigenvalue weighted by Crippen LogP contribution is -2.65. The molecule has 1 N–H and O–H groups in total. The minimum atomic E-state index is 0.497. The first kappa shape index (κ1) is 12.9. The standard InChI is InChI=1S/C16H30N2/c1-2-6-15-11-17-16(9-4-3-5-10-16)13-18(15)12-14-7-8-14/h14-15,17H,2-13H2,1H3. The van der Waals surface area contributed by atoms with E-state index in [0.29, 0.717) is 5.54 Å². The molecule has 0 radical (unpaired) electrons. The van der Waals surface area contributed by atoms with E-state index in [1.165, 1.54) is 77.4 Å². The van der Waals surface area contributed by atoms with Crippen molar-refractivity contribution in [1.29, 1.82) is 0 Å². The van der Waals surface area contributed by atoms with Crippen LogP contribution in [0.1, 0.15) is 64.7 Å². The van der Waals surface area contributed by atoms with E-state index in [1.54, 1.807) is 0 Å². The molecule has 2 saturated carbocycles. The summed E-state index contributed by atoms with van der Waals surface area (Å²) in [4.78, 5) is 2.86. The maximum absolute atomic E-state index is 3.95. The molecule has 0 bridgehead atoms. The Bertz CT molecular complexity index is 266. The molecule has 1 spiro atoms. The zero-order valence-electron chi connectivity index (χ0n) is 12.1. The van der Waals surface area contributed by atoms with Crippen LogP contribution < -0.4 is 5.32 Å². The van der Waals surface area contributed by atoms with Gasteiger partial charge in [0.25, 0.3) is 0 Å². The first-order valence-corrected chi connectivity index (χ1v) is 8.30. The minimum absolute atomic E-state index is 0.497. The fourth-order valence-electron chi connectivity index (χ4n) is 4.06. The van der Waals surface area contributed by atoms with Crippen molar-refractivity contribution in [1.82, 2.24) is 10.2 Å². The van der Waals surface area contributed by atoms with Crippen LogP contribution in [-0.4, -0.2) is 36.1 Å². The molecule has 1 saturated heterocycles. The fourth-order valence-corrected chi connectivity index (χ4v) is 4.06. The summed E-state index contributed by atoms with van der Waals surface area (Å²) in [6.45, 7) is 6.32. The van der Waals surface area contributed by atoms with Crippen LogP contribution in [0.25, 0.3) is 0 Å². The van der Waals surface area contributed by atoms with Crippen LogP contribution in [0.3, 0.4) is 0 Å². The fraction of sp³-hybridized carbons (Fsp3) is 1.00. The van der Waals surface area contributed by atoms with Gasteiger partial charge in [-0.1, -0.05) is 32.6 Å². The van der Waals surface area contributed by atoms with Crippen molar-refractivity contribution < 1.29 is 0 Å². The van der Waals surface area contributed by atoms with E-state index in [0.717, 1.165) is 12.0 Å². The summed E-state index contributed by atoms with van der Waals surface area (Å²) < 4.78 is 0. The zero-order valence-corrected chi connectivity index (χ0v) is 12.1. The molecule has 0 aromatic carbocycles. The Balaban J connectivity index is 1.63. The van der Waals surface area contributed by atoms with Gasteiger partial charge in [-0.3, -0.25) is 4.90 Å². The van der Waals surface area contributed by atoms with Gasteiger partial charge in [0.1, 0.15) is 0 Å². The Kier molecular flexibility index (Phi) is 3.95. The Hall–Kier alpha value is -0.0800. The van der Waals surface area contributed by atoms with Gasteiger partial charge in [0, 0.05) is 31.2 Å². The van der Waals surface area contributed by atoms with E-state index in [2.05, 4.69) is 17.1 Å². The van der Waals surface area contributed by atoms with E-state index in [9.17, 15) is 0 Å². The average molecular weight is 250 g/mol. The molecule has 0 aromatic heterocycles. The van der Waals surface area contributed by atoms with Crippen molar-refractivity contribution in [3.05, 3.63) is 0 Å². The van der Waals surface area contributed by atoms with Crippen molar-refractivity contribution in [2.75, 3.05) is 19.6 Å². The summed E-state index contributed by atoms with van der Waals surface area (Å²) in [7, 11) is 0. The summed E-state index contributed by atoms with van der Waals surface area (Å²) in [5, 5.41) is 3.95. The molecule has 1 atom stereocenters. The Morgan fingerprint density at radius 1 is 1.17 bits per heavy atom. The lowest BCUT2D eigenvalue weighted by atomic mass is 9.79. The van der Waals surface area contributed by atoms with E-state index >= 15 is 0 Å². The molecule has 0 amide bonds. The third-order valence-electron chi connectivity index (χ3n) is 5.36. The van der Waals surface area contributed by atoms with E-state index in [-0.39, 0.29) is 0 Å². The number of nitrogens with one attached hydrogen (secondary N) is 1. The third-order valence-corrected chi connectivity index (χ3v) is 5.36. The number of hydrogen-bond donors (Lipinski definition) is 1. The first-order chi connectivity index (χ1) is 8.81. The van der Waals surface area contributed by atoms with Gasteiger partial charge < -0.3 is 5.32 Å². The maximum atomic E-state index is 3.95. The van der Waals surface area contributed by atoms with Crippen LogP contribution in [0.5, 0.6) is 0 Å². The van der Waals surface area contributed by atoms with Crippen LogP contribution in [0.2, 0.25) is 0 Å². The van der Waals surface area contributed by atoms with Crippen molar-refractivity contribution in [2.24, 2.45) is 5.92 Å². The second kappa shape index (κ2) is 5.50. The van der Waals surface area contributed by atoms with Crippen LogP contribution >= 0.6 is 0 Å². The quantitative estimate of drug-likeness (QED) is 0.824. The van der Waals surface area contributed by atoms with Crippen molar-refractivity contribution in [3.8, 4) is 0 Å². The Morgan fingerprint density at radius 3 is 2.61 bits per heavy atom. The van der Waals surface area contributed by atoms with Gasteiger partial charge in [-0.25, -0.2) is 0 Å². The van der Waals surface area contributed by atoms with Crippen LogP contribution in [-0.2, 0) is 0 Å². The van der Waals surface area contributed by atoms with Gasteiger partial charge in [-0.05, 0) is 38.0 Å². The number of piperazine rings is 1. The third kappa shape index (κ3) is 2.91. The molecular weight excluding hydrogens is 220 g/mol. The number of nitrogens with zero attached hydrogens (tertiary/aromatic N) is 1. The minimum Gasteiger partial charge on any atom is -0.308 e. The Morgan fingerprint density at radius 2 is 1.94 bits per heavy atom. The topological polar surface area (TPSA) is 15.3 Å². The highest BCUT2D eigenvalue weighted by atomic mass is 15.3. The van der Waals surface area contributed by atoms with E-state index in [1.807, 2.05) is 0 Å². The molecule has 1 heterocycles. The van der Waals surface area contributed by atoms with Gasteiger partial charge >= 0.3 is 0 Å². The normalized spacial score (nSPS) is 32.8. The van der Waals surface area contributed by atoms with Gasteiger partial charge in [0.05, 0.1) is 0 Å². The largest absolute Gasteiger partial charge is 0.308 e. The SMILES string of the molecule is CCCC1CNC2(CCCCC2)CN1CC1CC1. The molecule has 2 aliphatic carbocycles.